The lowest BCUT2D eigenvalue weighted by molar-refractivity contribution is 0.558. The van der Waals surface area contributed by atoms with Gasteiger partial charge < -0.3 is 9.32 Å². The first-order valence-corrected chi connectivity index (χ1v) is 6.43. The zero-order valence-electron chi connectivity index (χ0n) is 10.8. The molecule has 0 amide bonds. The van der Waals surface area contributed by atoms with Crippen LogP contribution in [0.4, 0.5) is 5.69 Å². The SMILES string of the molecule is Cc1ccc2c(N3CCCC3)c(C#N)c(=O)oc2c1. The fourth-order valence-electron chi connectivity index (χ4n) is 2.66. The van der Waals surface area contributed by atoms with Gasteiger partial charge in [-0.3, -0.25) is 0 Å². The molecule has 0 aliphatic carbocycles. The minimum absolute atomic E-state index is 0.123. The highest BCUT2D eigenvalue weighted by molar-refractivity contribution is 5.93. The Kier molecular flexibility index (Phi) is 2.75. The van der Waals surface area contributed by atoms with Crippen LogP contribution in [0.2, 0.25) is 0 Å². The molecular formula is C15H14N2O2. The highest BCUT2D eigenvalue weighted by Gasteiger charge is 2.22. The van der Waals surface area contributed by atoms with Crippen molar-refractivity contribution in [2.24, 2.45) is 0 Å². The van der Waals surface area contributed by atoms with Crippen molar-refractivity contribution in [1.82, 2.24) is 0 Å². The van der Waals surface area contributed by atoms with Gasteiger partial charge in [0.1, 0.15) is 11.7 Å². The third-order valence-corrected chi connectivity index (χ3v) is 3.57. The van der Waals surface area contributed by atoms with Gasteiger partial charge in [-0.05, 0) is 37.5 Å². The van der Waals surface area contributed by atoms with E-state index in [9.17, 15) is 10.1 Å². The molecule has 3 rings (SSSR count). The van der Waals surface area contributed by atoms with Crippen LogP contribution in [0.25, 0.3) is 11.0 Å². The summed E-state index contributed by atoms with van der Waals surface area (Å²) >= 11 is 0. The molecule has 0 spiro atoms. The Balaban J connectivity index is 2.37. The average Bonchev–Trinajstić information content (AvgIpc) is 2.90. The lowest BCUT2D eigenvalue weighted by atomic mass is 10.1. The van der Waals surface area contributed by atoms with Gasteiger partial charge in [0.2, 0.25) is 0 Å². The summed E-state index contributed by atoms with van der Waals surface area (Å²) in [6, 6.07) is 7.75. The first-order chi connectivity index (χ1) is 9.20. The van der Waals surface area contributed by atoms with Crippen LogP contribution in [0, 0.1) is 18.3 Å². The van der Waals surface area contributed by atoms with E-state index < -0.39 is 5.63 Å². The summed E-state index contributed by atoms with van der Waals surface area (Å²) in [5.41, 5.74) is 1.92. The number of aryl methyl sites for hydroxylation is 1. The van der Waals surface area contributed by atoms with E-state index in [1.807, 2.05) is 31.2 Å². The summed E-state index contributed by atoms with van der Waals surface area (Å²) in [4.78, 5) is 14.1. The first-order valence-electron chi connectivity index (χ1n) is 6.43. The summed E-state index contributed by atoms with van der Waals surface area (Å²) in [5, 5.41) is 10.1. The minimum atomic E-state index is -0.539. The number of hydrogen-bond donors (Lipinski definition) is 0. The summed E-state index contributed by atoms with van der Waals surface area (Å²) in [7, 11) is 0. The molecule has 0 saturated carbocycles. The van der Waals surface area contributed by atoms with Crippen molar-refractivity contribution in [2.45, 2.75) is 19.8 Å². The molecule has 2 heterocycles. The maximum atomic E-state index is 11.9. The number of nitriles is 1. The fraction of sp³-hybridized carbons (Fsp3) is 0.333. The molecule has 0 atom stereocenters. The van der Waals surface area contributed by atoms with Crippen LogP contribution in [-0.2, 0) is 0 Å². The molecule has 96 valence electrons. The topological polar surface area (TPSA) is 57.2 Å². The van der Waals surface area contributed by atoms with Gasteiger partial charge in [0.15, 0.2) is 5.56 Å². The van der Waals surface area contributed by atoms with E-state index in [2.05, 4.69) is 4.90 Å². The quantitative estimate of drug-likeness (QED) is 0.734. The van der Waals surface area contributed by atoms with Crippen LogP contribution in [0.3, 0.4) is 0 Å². The van der Waals surface area contributed by atoms with Crippen LogP contribution in [0.5, 0.6) is 0 Å². The van der Waals surface area contributed by atoms with Crippen molar-refractivity contribution in [1.29, 1.82) is 5.26 Å². The lowest BCUT2D eigenvalue weighted by Crippen LogP contribution is -2.22. The van der Waals surface area contributed by atoms with Gasteiger partial charge >= 0.3 is 5.63 Å². The maximum Gasteiger partial charge on any atom is 0.356 e. The number of nitrogens with zero attached hydrogens (tertiary/aromatic N) is 2. The van der Waals surface area contributed by atoms with E-state index in [4.69, 9.17) is 4.42 Å². The Bertz CT molecular complexity index is 734. The zero-order chi connectivity index (χ0) is 13.4. The molecule has 19 heavy (non-hydrogen) atoms. The third-order valence-electron chi connectivity index (χ3n) is 3.57. The van der Waals surface area contributed by atoms with E-state index in [-0.39, 0.29) is 5.56 Å². The van der Waals surface area contributed by atoms with Crippen LogP contribution in [0.1, 0.15) is 24.0 Å². The third kappa shape index (κ3) is 1.88. The monoisotopic (exact) mass is 254 g/mol. The maximum absolute atomic E-state index is 11.9. The van der Waals surface area contributed by atoms with Gasteiger partial charge in [0, 0.05) is 18.5 Å². The smallest absolute Gasteiger partial charge is 0.356 e. The van der Waals surface area contributed by atoms with Crippen molar-refractivity contribution in [2.75, 3.05) is 18.0 Å². The summed E-state index contributed by atoms with van der Waals surface area (Å²) in [5.74, 6) is 0. The van der Waals surface area contributed by atoms with Crippen molar-refractivity contribution in [3.63, 3.8) is 0 Å². The standard InChI is InChI=1S/C15H14N2O2/c1-10-4-5-11-13(8-10)19-15(18)12(9-16)14(11)17-6-2-3-7-17/h4-5,8H,2-3,6-7H2,1H3. The molecule has 0 unspecified atom stereocenters. The number of hydrogen-bond acceptors (Lipinski definition) is 4. The van der Waals surface area contributed by atoms with Crippen LogP contribution < -0.4 is 10.5 Å². The minimum Gasteiger partial charge on any atom is -0.422 e. The Hall–Kier alpha value is -2.28. The molecule has 1 fully saturated rings. The fourth-order valence-corrected chi connectivity index (χ4v) is 2.66. The van der Waals surface area contributed by atoms with Gasteiger partial charge in [-0.25, -0.2) is 4.79 Å². The van der Waals surface area contributed by atoms with Crippen molar-refractivity contribution >= 4 is 16.7 Å². The van der Waals surface area contributed by atoms with E-state index in [1.54, 1.807) is 0 Å². The first kappa shape index (κ1) is 11.8. The molecule has 0 N–H and O–H groups in total. The van der Waals surface area contributed by atoms with Crippen LogP contribution >= 0.6 is 0 Å². The lowest BCUT2D eigenvalue weighted by Gasteiger charge is -2.20. The second-order valence-electron chi connectivity index (χ2n) is 4.92. The molecule has 4 heteroatoms. The second-order valence-corrected chi connectivity index (χ2v) is 4.92. The highest BCUT2D eigenvalue weighted by atomic mass is 16.4. The largest absolute Gasteiger partial charge is 0.422 e. The van der Waals surface area contributed by atoms with Gasteiger partial charge in [-0.15, -0.1) is 0 Å². The number of fused-ring (bicyclic) bond motifs is 1. The molecule has 1 aliphatic rings. The summed E-state index contributed by atoms with van der Waals surface area (Å²) in [6.07, 6.45) is 2.19. The normalized spacial score (nSPS) is 14.8. The second kappa shape index (κ2) is 4.43. The molecule has 1 aromatic carbocycles. The molecule has 1 saturated heterocycles. The Labute approximate surface area is 110 Å². The van der Waals surface area contributed by atoms with E-state index >= 15 is 0 Å². The highest BCUT2D eigenvalue weighted by Crippen LogP contribution is 2.31. The van der Waals surface area contributed by atoms with E-state index in [0.717, 1.165) is 42.6 Å². The van der Waals surface area contributed by atoms with Crippen molar-refractivity contribution in [3.8, 4) is 6.07 Å². The predicted molar refractivity (Wildman–Crippen MR) is 73.4 cm³/mol. The van der Waals surface area contributed by atoms with E-state index in [1.165, 1.54) is 0 Å². The van der Waals surface area contributed by atoms with Crippen LogP contribution in [0.15, 0.2) is 27.4 Å². The molecule has 4 nitrogen and oxygen atoms in total. The van der Waals surface area contributed by atoms with Gasteiger partial charge in [0.05, 0.1) is 5.69 Å². The number of benzene rings is 1. The molecule has 0 bridgehead atoms. The van der Waals surface area contributed by atoms with Gasteiger partial charge in [-0.1, -0.05) is 6.07 Å². The summed E-state index contributed by atoms with van der Waals surface area (Å²) in [6.45, 7) is 3.73. The van der Waals surface area contributed by atoms with Gasteiger partial charge in [0.25, 0.3) is 0 Å². The van der Waals surface area contributed by atoms with Crippen molar-refractivity contribution < 1.29 is 4.42 Å². The molecule has 2 aromatic rings. The number of rotatable bonds is 1. The summed E-state index contributed by atoms with van der Waals surface area (Å²) < 4.78 is 5.26. The van der Waals surface area contributed by atoms with Crippen LogP contribution in [-0.4, -0.2) is 13.1 Å². The van der Waals surface area contributed by atoms with E-state index in [0.29, 0.717) is 5.58 Å². The predicted octanol–water partition coefficient (Wildman–Crippen LogP) is 2.57. The number of anilines is 1. The molecular weight excluding hydrogens is 240 g/mol. The molecule has 1 aromatic heterocycles. The molecule has 0 radical (unpaired) electrons. The molecule has 1 aliphatic heterocycles. The Morgan fingerprint density at radius 1 is 1.32 bits per heavy atom. The Morgan fingerprint density at radius 2 is 2.05 bits per heavy atom. The average molecular weight is 254 g/mol. The van der Waals surface area contributed by atoms with Gasteiger partial charge in [-0.2, -0.15) is 5.26 Å². The zero-order valence-corrected chi connectivity index (χ0v) is 10.8. The Morgan fingerprint density at radius 3 is 2.74 bits per heavy atom. The van der Waals surface area contributed by atoms with Crippen molar-refractivity contribution in [3.05, 3.63) is 39.7 Å².